The highest BCUT2D eigenvalue weighted by molar-refractivity contribution is 5.69. The van der Waals surface area contributed by atoms with E-state index in [2.05, 4.69) is 78.9 Å². The van der Waals surface area contributed by atoms with Crippen molar-refractivity contribution < 1.29 is 28.8 Å². The summed E-state index contributed by atoms with van der Waals surface area (Å²) in [6.07, 6.45) is 11.5. The van der Waals surface area contributed by atoms with Crippen LogP contribution in [0.15, 0.2) is 97.1 Å². The summed E-state index contributed by atoms with van der Waals surface area (Å²) in [5, 5.41) is 11.9. The second kappa shape index (κ2) is 19.2. The molecule has 6 heteroatoms. The number of hydrogen-bond acceptors (Lipinski definition) is 6. The molecule has 0 radical (unpaired) electrons. The molecule has 0 atom stereocenters. The quantitative estimate of drug-likeness (QED) is 0.0839. The van der Waals surface area contributed by atoms with Crippen LogP contribution >= 0.6 is 0 Å². The lowest BCUT2D eigenvalue weighted by Crippen LogP contribution is -2.07. The van der Waals surface area contributed by atoms with Crippen molar-refractivity contribution in [2.24, 2.45) is 0 Å². The average Bonchev–Trinajstić information content (AvgIpc) is 3.18. The number of ether oxygens (including phenoxy) is 4. The Kier molecular flexibility index (Phi) is 13.7. The number of phenolic OH excluding ortho intramolecular Hbond substituents is 1. The highest BCUT2D eigenvalue weighted by Crippen LogP contribution is 2.39. The number of hydrogen-bond donors (Lipinski definition) is 1. The molecule has 1 aliphatic rings. The first-order valence-electron chi connectivity index (χ1n) is 19.4. The van der Waals surface area contributed by atoms with Crippen molar-refractivity contribution in [3.8, 4) is 23.0 Å². The number of methoxy groups -OCH3 is 3. The zero-order chi connectivity index (χ0) is 37.7. The molecule has 1 aliphatic carbocycles. The van der Waals surface area contributed by atoms with E-state index in [9.17, 15) is 9.90 Å². The van der Waals surface area contributed by atoms with Crippen molar-refractivity contribution in [1.29, 1.82) is 0 Å². The predicted octanol–water partition coefficient (Wildman–Crippen LogP) is 10.5. The van der Waals surface area contributed by atoms with Gasteiger partial charge in [-0.2, -0.15) is 0 Å². The fraction of sp³-hybridized carbons (Fsp3) is 0.354. The van der Waals surface area contributed by atoms with Crippen molar-refractivity contribution in [2.45, 2.75) is 90.1 Å². The summed E-state index contributed by atoms with van der Waals surface area (Å²) >= 11 is 0. The molecule has 0 spiro atoms. The second-order valence-electron chi connectivity index (χ2n) is 14.4. The first-order chi connectivity index (χ1) is 26.5. The highest BCUT2D eigenvalue weighted by Gasteiger charge is 2.21. The van der Waals surface area contributed by atoms with E-state index in [4.69, 9.17) is 18.9 Å². The van der Waals surface area contributed by atoms with Crippen LogP contribution in [-0.4, -0.2) is 32.4 Å². The molecule has 0 heterocycles. The van der Waals surface area contributed by atoms with Crippen LogP contribution in [0.4, 0.5) is 0 Å². The third kappa shape index (κ3) is 9.84. The van der Waals surface area contributed by atoms with Crippen LogP contribution < -0.4 is 14.2 Å². The molecule has 6 rings (SSSR count). The minimum atomic E-state index is -0.122. The van der Waals surface area contributed by atoms with Gasteiger partial charge in [0.1, 0.15) is 29.6 Å². The standard InChI is InChI=1S/C48H54O6/c1-51-44(49)26-13-8-6-4-5-7-10-19-35-27-42-31-38-22-14-20-36(46(38)52-2)29-40-24-16-25-41(48(40)54-33-34-17-11-9-12-18-34)30-37-21-15-23-39(47(37)53-3)32-43(28-35)45(42)50/h9,11-12,14-18,20-25,27-28,50H,4-8,10,13,19,26,29-33H2,1-3H3. The third-order valence-electron chi connectivity index (χ3n) is 10.6. The first kappa shape index (κ1) is 38.5. The molecule has 5 aromatic rings. The Balaban J connectivity index is 1.32. The molecule has 5 aromatic carbocycles. The molecule has 6 nitrogen and oxygen atoms in total. The molecule has 0 saturated carbocycles. The fourth-order valence-corrected chi connectivity index (χ4v) is 7.84. The summed E-state index contributed by atoms with van der Waals surface area (Å²) in [6, 6.07) is 33.8. The number of unbranched alkanes of at least 4 members (excludes halogenated alkanes) is 6. The molecule has 0 saturated heterocycles. The number of esters is 1. The van der Waals surface area contributed by atoms with Gasteiger partial charge in [0.25, 0.3) is 0 Å². The number of carbonyl (C=O) groups excluding carboxylic acids is 1. The summed E-state index contributed by atoms with van der Waals surface area (Å²) in [4.78, 5) is 11.4. The van der Waals surface area contributed by atoms with Crippen LogP contribution in [0.1, 0.15) is 107 Å². The van der Waals surface area contributed by atoms with E-state index >= 15 is 0 Å². The van der Waals surface area contributed by atoms with E-state index in [0.717, 1.165) is 106 Å². The van der Waals surface area contributed by atoms with E-state index in [1.807, 2.05) is 18.2 Å². The molecule has 54 heavy (non-hydrogen) atoms. The number of aryl methyl sites for hydroxylation is 1. The van der Waals surface area contributed by atoms with Gasteiger partial charge in [-0.3, -0.25) is 4.79 Å². The maximum absolute atomic E-state index is 11.9. The Morgan fingerprint density at radius 2 is 0.963 bits per heavy atom. The van der Waals surface area contributed by atoms with E-state index in [1.54, 1.807) is 14.2 Å². The van der Waals surface area contributed by atoms with Gasteiger partial charge in [0.15, 0.2) is 0 Å². The van der Waals surface area contributed by atoms with Gasteiger partial charge < -0.3 is 24.1 Å². The molecule has 8 bridgehead atoms. The third-order valence-corrected chi connectivity index (χ3v) is 10.6. The molecular weight excluding hydrogens is 673 g/mol. The molecule has 0 aromatic heterocycles. The number of carbonyl (C=O) groups is 1. The van der Waals surface area contributed by atoms with Gasteiger partial charge in [-0.05, 0) is 74.9 Å². The lowest BCUT2D eigenvalue weighted by atomic mass is 9.90. The molecule has 0 aliphatic heterocycles. The Morgan fingerprint density at radius 3 is 1.44 bits per heavy atom. The molecule has 1 N–H and O–H groups in total. The molecule has 282 valence electrons. The molecule has 0 amide bonds. The fourth-order valence-electron chi connectivity index (χ4n) is 7.84. The summed E-state index contributed by atoms with van der Waals surface area (Å²) in [5.41, 5.74) is 10.6. The number of para-hydroxylation sites is 3. The summed E-state index contributed by atoms with van der Waals surface area (Å²) < 4.78 is 23.8. The van der Waals surface area contributed by atoms with Crippen LogP contribution in [0.3, 0.4) is 0 Å². The lowest BCUT2D eigenvalue weighted by molar-refractivity contribution is -0.140. The number of fused-ring (bicyclic) bond motifs is 8. The van der Waals surface area contributed by atoms with Crippen LogP contribution in [0.2, 0.25) is 0 Å². The van der Waals surface area contributed by atoms with Crippen molar-refractivity contribution >= 4 is 5.97 Å². The van der Waals surface area contributed by atoms with Crippen molar-refractivity contribution in [3.63, 3.8) is 0 Å². The second-order valence-corrected chi connectivity index (χ2v) is 14.4. The number of benzene rings is 5. The highest BCUT2D eigenvalue weighted by atomic mass is 16.5. The van der Waals surface area contributed by atoms with E-state index in [0.29, 0.717) is 44.5 Å². The van der Waals surface area contributed by atoms with E-state index in [-0.39, 0.29) is 5.97 Å². The number of phenols is 1. The lowest BCUT2D eigenvalue weighted by Gasteiger charge is -2.21. The van der Waals surface area contributed by atoms with E-state index < -0.39 is 0 Å². The van der Waals surface area contributed by atoms with Gasteiger partial charge in [0, 0.05) is 32.1 Å². The monoisotopic (exact) mass is 726 g/mol. The summed E-state index contributed by atoms with van der Waals surface area (Å²) in [5.74, 6) is 2.78. The van der Waals surface area contributed by atoms with Crippen LogP contribution in [0.25, 0.3) is 0 Å². The number of rotatable bonds is 15. The van der Waals surface area contributed by atoms with Gasteiger partial charge in [-0.15, -0.1) is 0 Å². The van der Waals surface area contributed by atoms with Gasteiger partial charge in [-0.1, -0.05) is 129 Å². The smallest absolute Gasteiger partial charge is 0.305 e. The minimum absolute atomic E-state index is 0.122. The Labute approximate surface area is 321 Å². The summed E-state index contributed by atoms with van der Waals surface area (Å²) in [7, 11) is 4.93. The van der Waals surface area contributed by atoms with Crippen LogP contribution in [-0.2, 0) is 48.2 Å². The van der Waals surface area contributed by atoms with Gasteiger partial charge in [-0.25, -0.2) is 0 Å². The summed E-state index contributed by atoms with van der Waals surface area (Å²) in [6.45, 7) is 0.466. The Morgan fingerprint density at radius 1 is 0.519 bits per heavy atom. The molecule has 0 unspecified atom stereocenters. The minimum Gasteiger partial charge on any atom is -0.507 e. The SMILES string of the molecule is COC(=O)CCCCCCCCCc1cc2c(O)c(c1)Cc1cccc(c1OC)Cc1cccc(c1OCc1ccccc1)Cc1cccc(c1OC)C2. The topological polar surface area (TPSA) is 74.2 Å². The zero-order valence-corrected chi connectivity index (χ0v) is 32.1. The van der Waals surface area contributed by atoms with Gasteiger partial charge in [0.2, 0.25) is 0 Å². The molecular formula is C48H54O6. The normalized spacial score (nSPS) is 12.2. The maximum Gasteiger partial charge on any atom is 0.305 e. The molecule has 0 fully saturated rings. The van der Waals surface area contributed by atoms with Crippen molar-refractivity contribution in [3.05, 3.63) is 153 Å². The van der Waals surface area contributed by atoms with Crippen molar-refractivity contribution in [2.75, 3.05) is 21.3 Å². The van der Waals surface area contributed by atoms with Gasteiger partial charge >= 0.3 is 5.97 Å². The van der Waals surface area contributed by atoms with Crippen molar-refractivity contribution in [1.82, 2.24) is 0 Å². The van der Waals surface area contributed by atoms with E-state index in [1.165, 1.54) is 25.5 Å². The largest absolute Gasteiger partial charge is 0.507 e. The Hall–Kier alpha value is -5.23. The first-order valence-corrected chi connectivity index (χ1v) is 19.4. The Bertz CT molecular complexity index is 1900. The van der Waals surface area contributed by atoms with Gasteiger partial charge in [0.05, 0.1) is 21.3 Å². The van der Waals surface area contributed by atoms with Crippen LogP contribution in [0.5, 0.6) is 23.0 Å². The number of aromatic hydroxyl groups is 1. The average molecular weight is 727 g/mol. The zero-order valence-electron chi connectivity index (χ0n) is 32.1. The predicted molar refractivity (Wildman–Crippen MR) is 215 cm³/mol. The van der Waals surface area contributed by atoms with Crippen LogP contribution in [0, 0.1) is 0 Å². The maximum atomic E-state index is 11.9.